The number of carbonyl (C=O) groups is 14. The molecule has 1 saturated carbocycles. The van der Waals surface area contributed by atoms with E-state index in [1.807, 2.05) is 0 Å². The Morgan fingerprint density at radius 2 is 1.35 bits per heavy atom. The van der Waals surface area contributed by atoms with E-state index in [0.717, 1.165) is 54.5 Å². The lowest BCUT2D eigenvalue weighted by atomic mass is 9.83. The fourth-order valence-corrected chi connectivity index (χ4v) is 16.1. The Labute approximate surface area is 574 Å². The number of hydrogen-bond acceptors (Lipinski definition) is 22. The van der Waals surface area contributed by atoms with Crippen LogP contribution in [0, 0.1) is 11.8 Å². The summed E-state index contributed by atoms with van der Waals surface area (Å²) in [5, 5.41) is 63.2. The van der Waals surface area contributed by atoms with Crippen molar-refractivity contribution in [3.63, 3.8) is 0 Å². The SMILES string of the molecule is CC(C)[C@H](NC(=O)CNC(=O)[C@@H]1CCC(=O)N1)C(=O)N[C@H]1CSSC[C@@H](C(=O)O)NC(=O)[C@@H]2[C@@H](O)CCN2C(=O)[C@H](Cc2cnc[nH]2)NC(=O)[C@@H]2CSSC[C@H](NC1=O)C(=O)NCC(=O)N[C@@H](Cc1ccc(O)cc1)C(=O)N[C@@H](CCCCN)C(=O)N[C@@H](C1CCCCC1)C(=O)N2. The smallest absolute Gasteiger partial charge is 0.327 e. The van der Waals surface area contributed by atoms with Crippen LogP contribution >= 0.6 is 43.2 Å². The number of imidazole rings is 1. The molecule has 5 fully saturated rings. The van der Waals surface area contributed by atoms with Gasteiger partial charge in [-0.3, -0.25) is 62.3 Å². The zero-order valence-electron chi connectivity index (χ0n) is 53.6. The predicted octanol–water partition coefficient (Wildman–Crippen LogP) is -4.02. The van der Waals surface area contributed by atoms with Crippen LogP contribution in [0.5, 0.6) is 5.75 Å². The minimum Gasteiger partial charge on any atom is -0.508 e. The number of nitrogens with two attached hydrogens (primary N) is 1. The number of carboxylic acids is 1. The zero-order valence-corrected chi connectivity index (χ0v) is 56.8. The van der Waals surface area contributed by atoms with Crippen LogP contribution in [0.4, 0.5) is 0 Å². The van der Waals surface area contributed by atoms with Gasteiger partial charge >= 0.3 is 5.97 Å². The highest BCUT2D eigenvalue weighted by Crippen LogP contribution is 2.30. The molecular weight excluding hydrogens is 1350 g/mol. The number of H-pyrrole nitrogens is 1. The van der Waals surface area contributed by atoms with Crippen molar-refractivity contribution in [2.75, 3.05) is 49.2 Å². The number of rotatable bonds is 17. The molecule has 7 rings (SSSR count). The molecular formula is C60H86N16O17S4. The first kappa shape index (κ1) is 76.5. The molecule has 18 N–H and O–H groups in total. The minimum absolute atomic E-state index is 0.0140. The number of aromatic nitrogens is 2. The van der Waals surface area contributed by atoms with E-state index in [2.05, 4.69) is 73.8 Å². The topological polar surface area (TPSA) is 502 Å². The molecule has 1 aliphatic carbocycles. The zero-order chi connectivity index (χ0) is 70.3. The average molecular weight is 1430 g/mol. The predicted molar refractivity (Wildman–Crippen MR) is 357 cm³/mol. The van der Waals surface area contributed by atoms with Gasteiger partial charge in [0.1, 0.15) is 72.2 Å². The molecule has 13 amide bonds. The van der Waals surface area contributed by atoms with E-state index in [1.165, 1.54) is 36.8 Å². The number of phenols is 1. The van der Waals surface area contributed by atoms with Gasteiger partial charge in [0.05, 0.1) is 25.5 Å². The third kappa shape index (κ3) is 23.1. The maximum Gasteiger partial charge on any atom is 0.327 e. The Balaban J connectivity index is 1.27. The maximum atomic E-state index is 15.2. The van der Waals surface area contributed by atoms with Crippen molar-refractivity contribution >= 4 is 126 Å². The first-order chi connectivity index (χ1) is 46.4. The number of aliphatic hydroxyl groups is 1. The van der Waals surface area contributed by atoms with Crippen LogP contribution in [0.3, 0.4) is 0 Å². The Kier molecular flexibility index (Phi) is 29.8. The molecule has 5 heterocycles. The third-order valence-electron chi connectivity index (χ3n) is 16.9. The fraction of sp³-hybridized carbons (Fsp3) is 0.617. The third-order valence-corrected chi connectivity index (χ3v) is 21.7. The van der Waals surface area contributed by atoms with E-state index in [-0.39, 0.29) is 80.5 Å². The number of aromatic amines is 1. The van der Waals surface area contributed by atoms with Gasteiger partial charge in [0.15, 0.2) is 0 Å². The van der Waals surface area contributed by atoms with E-state index >= 15 is 9.59 Å². The van der Waals surface area contributed by atoms with E-state index in [4.69, 9.17) is 5.73 Å². The molecule has 1 aromatic carbocycles. The maximum absolute atomic E-state index is 15.2. The molecule has 4 aliphatic heterocycles. The van der Waals surface area contributed by atoms with Gasteiger partial charge in [0.2, 0.25) is 76.8 Å². The number of carboxylic acid groups (broad SMARTS) is 1. The number of hydrogen-bond donors (Lipinski definition) is 17. The normalized spacial score (nSPS) is 27.2. The average Bonchev–Trinajstić information content (AvgIpc) is 1.61. The molecule has 0 spiro atoms. The number of nitrogens with zero attached hydrogens (tertiary/aromatic N) is 2. The number of phenolic OH excluding ortho intramolecular Hbond substituents is 1. The minimum atomic E-state index is -1.71. The van der Waals surface area contributed by atoms with Crippen LogP contribution < -0.4 is 69.5 Å². The lowest BCUT2D eigenvalue weighted by molar-refractivity contribution is -0.146. The summed E-state index contributed by atoms with van der Waals surface area (Å²) < 4.78 is 0. The van der Waals surface area contributed by atoms with Crippen molar-refractivity contribution < 1.29 is 82.4 Å². The van der Waals surface area contributed by atoms with Crippen molar-refractivity contribution in [3.05, 3.63) is 48.0 Å². The number of carbonyl (C=O) groups excluding carboxylic acids is 13. The summed E-state index contributed by atoms with van der Waals surface area (Å²) in [7, 11) is 3.53. The largest absolute Gasteiger partial charge is 0.508 e. The highest BCUT2D eigenvalue weighted by Gasteiger charge is 2.46. The van der Waals surface area contributed by atoms with E-state index in [9.17, 15) is 72.9 Å². The van der Waals surface area contributed by atoms with Crippen LogP contribution in [0.15, 0.2) is 36.8 Å². The Hall–Kier alpha value is -7.87. The molecule has 12 atom stereocenters. The highest BCUT2D eigenvalue weighted by molar-refractivity contribution is 8.77. The summed E-state index contributed by atoms with van der Waals surface area (Å²) in [6, 6.07) is -10.4. The van der Waals surface area contributed by atoms with Crippen molar-refractivity contribution in [1.29, 1.82) is 0 Å². The molecule has 37 heteroatoms. The van der Waals surface area contributed by atoms with Crippen LogP contribution in [0.1, 0.15) is 95.7 Å². The summed E-state index contributed by atoms with van der Waals surface area (Å²) in [5.74, 6) is -15.3. The number of aliphatic carboxylic acids is 1. The summed E-state index contributed by atoms with van der Waals surface area (Å²) in [5.41, 5.74) is 6.65. The molecule has 33 nitrogen and oxygen atoms in total. The van der Waals surface area contributed by atoms with Gasteiger partial charge in [-0.25, -0.2) is 9.78 Å². The second kappa shape index (κ2) is 37.7. The monoisotopic (exact) mass is 1430 g/mol. The lowest BCUT2D eigenvalue weighted by Gasteiger charge is -2.33. The van der Waals surface area contributed by atoms with Crippen LogP contribution in [-0.2, 0) is 80.0 Å². The molecule has 532 valence electrons. The molecule has 2 bridgehead atoms. The highest BCUT2D eigenvalue weighted by atomic mass is 33.1. The number of nitrogens with one attached hydrogen (secondary N) is 13. The fourth-order valence-electron chi connectivity index (χ4n) is 11.5. The van der Waals surface area contributed by atoms with Crippen molar-refractivity contribution in [3.8, 4) is 5.75 Å². The summed E-state index contributed by atoms with van der Waals surface area (Å²) >= 11 is 0. The van der Waals surface area contributed by atoms with Crippen LogP contribution in [-0.4, -0.2) is 235 Å². The molecule has 97 heavy (non-hydrogen) atoms. The van der Waals surface area contributed by atoms with Gasteiger partial charge in [-0.2, -0.15) is 0 Å². The second-order valence-corrected chi connectivity index (χ2v) is 29.6. The number of aliphatic hydroxyl groups excluding tert-OH is 1. The molecule has 1 aromatic heterocycles. The van der Waals surface area contributed by atoms with Gasteiger partial charge in [0, 0.05) is 60.7 Å². The first-order valence-corrected chi connectivity index (χ1v) is 37.1. The van der Waals surface area contributed by atoms with Crippen LogP contribution in [0.25, 0.3) is 0 Å². The molecule has 0 unspecified atom stereocenters. The summed E-state index contributed by atoms with van der Waals surface area (Å²) in [6.45, 7) is 1.74. The lowest BCUT2D eigenvalue weighted by Crippen LogP contribution is -2.62. The van der Waals surface area contributed by atoms with Gasteiger partial charge in [0.25, 0.3) is 0 Å². The number of aromatic hydroxyl groups is 1. The van der Waals surface area contributed by atoms with Crippen molar-refractivity contribution in [2.45, 2.75) is 170 Å². The van der Waals surface area contributed by atoms with E-state index in [0.29, 0.717) is 49.8 Å². The van der Waals surface area contributed by atoms with Crippen molar-refractivity contribution in [1.82, 2.24) is 78.7 Å². The second-order valence-electron chi connectivity index (χ2n) is 24.5. The quantitative estimate of drug-likeness (QED) is 0.0530. The van der Waals surface area contributed by atoms with Gasteiger partial charge in [-0.15, -0.1) is 0 Å². The Morgan fingerprint density at radius 1 is 0.680 bits per heavy atom. The van der Waals surface area contributed by atoms with E-state index in [1.54, 1.807) is 13.8 Å². The standard InChI is InChI=1S/C60H86N16O17S4/c1-30(2)47(74-46(81)24-63-50(82)36-15-16-44(79)66-36)56(88)71-41-27-96-97-28-42(60(92)93)73-58(90)49-43(78)17-19-76(49)59(91)38(21-33-22-62-29-65-33)69-54(86)40-26-95-94-25-39(70-55(41)87)51(83)64-23-45(80)67-37(20-31-11-13-34(77)14-12-31)53(85)68-35(10-6-7-18-61)52(84)75-48(57(89)72-40)32-8-4-3-5-9-32/h11-14,22,29-30,32,35-43,47-49,77-78H,3-10,15-21,23-28,61H2,1-2H3,(H,62,65)(H,63,82)(H,64,83)(H,66,79)(H,67,80)(H,68,85)(H,69,86)(H,70,87)(H,71,88)(H,72,89)(H,73,90)(H,74,81)(H,75,84)(H,92,93)/t35-,36-,37-,38-,39-,40-,41-,42-,43-,47-,48-,49-/m0/s1. The number of benzene rings is 1. The molecule has 4 saturated heterocycles. The Bertz CT molecular complexity index is 3150. The van der Waals surface area contributed by atoms with Gasteiger partial charge in [-0.05, 0) is 81.0 Å². The number of fused-ring (bicyclic) bond motifs is 6. The van der Waals surface area contributed by atoms with Gasteiger partial charge in [-0.1, -0.05) is 88.4 Å². The number of amides is 13. The summed E-state index contributed by atoms with van der Waals surface area (Å²) in [6.07, 6.45) is 4.74. The van der Waals surface area contributed by atoms with E-state index < -0.39 is 180 Å². The molecule has 2 aromatic rings. The van der Waals surface area contributed by atoms with Gasteiger partial charge < -0.3 is 94.7 Å². The number of unbranched alkanes of at least 4 members (excludes halogenated alkanes) is 1. The van der Waals surface area contributed by atoms with Crippen molar-refractivity contribution in [2.24, 2.45) is 17.6 Å². The molecule has 5 aliphatic rings. The molecule has 0 radical (unpaired) electrons. The van der Waals surface area contributed by atoms with Crippen LogP contribution in [0.2, 0.25) is 0 Å². The first-order valence-electron chi connectivity index (χ1n) is 32.1. The Morgan fingerprint density at radius 3 is 2.01 bits per heavy atom. The summed E-state index contributed by atoms with van der Waals surface area (Å²) in [4.78, 5) is 205.